The fraction of sp³-hybridized carbons (Fsp3) is 0.238. The predicted molar refractivity (Wildman–Crippen MR) is 106 cm³/mol. The van der Waals surface area contributed by atoms with E-state index in [1.54, 1.807) is 53.1 Å². The maximum absolute atomic E-state index is 12.8. The zero-order valence-electron chi connectivity index (χ0n) is 15.6. The number of ether oxygens (including phenoxy) is 1. The molecule has 1 unspecified atom stereocenters. The summed E-state index contributed by atoms with van der Waals surface area (Å²) in [6.07, 6.45) is 3.62. The van der Waals surface area contributed by atoms with Crippen LogP contribution >= 0.6 is 0 Å². The van der Waals surface area contributed by atoms with Crippen LogP contribution in [0.15, 0.2) is 48.7 Å². The lowest BCUT2D eigenvalue weighted by Crippen LogP contribution is -2.32. The number of aromatic nitrogens is 2. The van der Waals surface area contributed by atoms with E-state index in [1.807, 2.05) is 6.07 Å². The number of imidazole rings is 1. The molecule has 8 heteroatoms. The van der Waals surface area contributed by atoms with Gasteiger partial charge in [0.2, 0.25) is 5.82 Å². The van der Waals surface area contributed by atoms with Crippen LogP contribution in [0.4, 0.5) is 5.69 Å². The number of nitrogens with zero attached hydrogens (tertiary/aromatic N) is 3. The highest BCUT2D eigenvalue weighted by molar-refractivity contribution is 6.06. The highest BCUT2D eigenvalue weighted by Crippen LogP contribution is 2.16. The van der Waals surface area contributed by atoms with Gasteiger partial charge in [0, 0.05) is 25.0 Å². The molecule has 0 spiro atoms. The van der Waals surface area contributed by atoms with Crippen molar-refractivity contribution < 1.29 is 14.3 Å². The molecule has 0 radical (unpaired) electrons. The number of benzene rings is 1. The van der Waals surface area contributed by atoms with Crippen LogP contribution in [-0.4, -0.2) is 40.5 Å². The zero-order chi connectivity index (χ0) is 20.2. The van der Waals surface area contributed by atoms with Gasteiger partial charge in [-0.1, -0.05) is 6.07 Å². The Bertz CT molecular complexity index is 1090. The quantitative estimate of drug-likeness (QED) is 0.696. The van der Waals surface area contributed by atoms with E-state index < -0.39 is 5.91 Å². The molecule has 3 aromatic rings. The minimum Gasteiger partial charge on any atom is -0.376 e. The first-order valence-electron chi connectivity index (χ1n) is 9.34. The number of hydrogen-bond acceptors (Lipinski definition) is 5. The predicted octanol–water partition coefficient (Wildman–Crippen LogP) is 2.37. The van der Waals surface area contributed by atoms with Crippen molar-refractivity contribution >= 4 is 23.0 Å². The standard InChI is InChI=1S/C21H19N5O3/c22-12-14-6-8-15(9-7-14)24-21(28)19-25-18(17-5-1-2-10-26(17)19)20(27)23-13-16-4-3-11-29-16/h1-2,5-10,16H,3-4,11,13H2,(H,23,27)(H,24,28). The van der Waals surface area contributed by atoms with Crippen LogP contribution in [0.25, 0.3) is 5.52 Å². The molecular weight excluding hydrogens is 370 g/mol. The second-order valence-corrected chi connectivity index (χ2v) is 6.73. The SMILES string of the molecule is N#Cc1ccc(NC(=O)c2nc(C(=O)NCC3CCCO3)c3ccccn23)cc1. The second-order valence-electron chi connectivity index (χ2n) is 6.73. The first kappa shape index (κ1) is 18.7. The van der Waals surface area contributed by atoms with E-state index in [2.05, 4.69) is 15.6 Å². The highest BCUT2D eigenvalue weighted by atomic mass is 16.5. The summed E-state index contributed by atoms with van der Waals surface area (Å²) in [5, 5.41) is 14.5. The minimum absolute atomic E-state index is 0.0204. The van der Waals surface area contributed by atoms with E-state index in [0.29, 0.717) is 29.9 Å². The molecule has 146 valence electrons. The van der Waals surface area contributed by atoms with Crippen molar-refractivity contribution in [2.75, 3.05) is 18.5 Å². The van der Waals surface area contributed by atoms with Gasteiger partial charge in [-0.05, 0) is 49.2 Å². The Labute approximate surface area is 167 Å². The normalized spacial score (nSPS) is 15.8. The number of anilines is 1. The topological polar surface area (TPSA) is 109 Å². The fourth-order valence-electron chi connectivity index (χ4n) is 3.28. The van der Waals surface area contributed by atoms with Crippen molar-refractivity contribution in [1.29, 1.82) is 5.26 Å². The molecule has 1 fully saturated rings. The maximum atomic E-state index is 12.8. The van der Waals surface area contributed by atoms with Crippen LogP contribution in [0.2, 0.25) is 0 Å². The fourth-order valence-corrected chi connectivity index (χ4v) is 3.28. The molecule has 2 amide bonds. The van der Waals surface area contributed by atoms with Gasteiger partial charge in [0.05, 0.1) is 23.3 Å². The molecule has 29 heavy (non-hydrogen) atoms. The van der Waals surface area contributed by atoms with Gasteiger partial charge in [-0.3, -0.25) is 14.0 Å². The number of nitriles is 1. The van der Waals surface area contributed by atoms with Crippen LogP contribution in [0.1, 0.15) is 39.5 Å². The summed E-state index contributed by atoms with van der Waals surface area (Å²) < 4.78 is 7.11. The summed E-state index contributed by atoms with van der Waals surface area (Å²) in [4.78, 5) is 29.8. The Morgan fingerprint density at radius 1 is 1.21 bits per heavy atom. The summed E-state index contributed by atoms with van der Waals surface area (Å²) in [5.74, 6) is -0.692. The number of carbonyl (C=O) groups excluding carboxylic acids is 2. The maximum Gasteiger partial charge on any atom is 0.292 e. The summed E-state index contributed by atoms with van der Waals surface area (Å²) in [7, 11) is 0. The second kappa shape index (κ2) is 8.12. The first-order valence-corrected chi connectivity index (χ1v) is 9.34. The van der Waals surface area contributed by atoms with E-state index in [9.17, 15) is 9.59 Å². The molecule has 1 aliphatic rings. The molecule has 2 N–H and O–H groups in total. The van der Waals surface area contributed by atoms with Crippen molar-refractivity contribution in [2.24, 2.45) is 0 Å². The Morgan fingerprint density at radius 3 is 2.76 bits per heavy atom. The Balaban J connectivity index is 1.56. The van der Waals surface area contributed by atoms with Gasteiger partial charge in [-0.25, -0.2) is 4.98 Å². The van der Waals surface area contributed by atoms with Crippen LogP contribution < -0.4 is 10.6 Å². The molecule has 1 aromatic carbocycles. The van der Waals surface area contributed by atoms with Crippen molar-refractivity contribution in [1.82, 2.24) is 14.7 Å². The number of rotatable bonds is 5. The van der Waals surface area contributed by atoms with Gasteiger partial charge in [0.15, 0.2) is 5.69 Å². The molecule has 1 aliphatic heterocycles. The van der Waals surface area contributed by atoms with E-state index in [1.165, 1.54) is 0 Å². The van der Waals surface area contributed by atoms with Crippen molar-refractivity contribution in [2.45, 2.75) is 18.9 Å². The average molecular weight is 389 g/mol. The molecule has 0 saturated carbocycles. The van der Waals surface area contributed by atoms with Gasteiger partial charge >= 0.3 is 0 Å². The lowest BCUT2D eigenvalue weighted by molar-refractivity contribution is 0.0855. The van der Waals surface area contributed by atoms with Crippen LogP contribution in [0, 0.1) is 11.3 Å². The molecule has 1 atom stereocenters. The molecule has 8 nitrogen and oxygen atoms in total. The number of hydrogen-bond donors (Lipinski definition) is 2. The van der Waals surface area contributed by atoms with Crippen LogP contribution in [0.3, 0.4) is 0 Å². The number of pyridine rings is 1. The average Bonchev–Trinajstić information content (AvgIpc) is 3.40. The number of carbonyl (C=O) groups is 2. The first-order chi connectivity index (χ1) is 14.2. The van der Waals surface area contributed by atoms with E-state index in [-0.39, 0.29) is 23.5 Å². The lowest BCUT2D eigenvalue weighted by Gasteiger charge is -2.09. The van der Waals surface area contributed by atoms with Crippen molar-refractivity contribution in [3.63, 3.8) is 0 Å². The van der Waals surface area contributed by atoms with Gasteiger partial charge < -0.3 is 15.4 Å². The molecule has 3 heterocycles. The van der Waals surface area contributed by atoms with Gasteiger partial charge in [0.25, 0.3) is 11.8 Å². The van der Waals surface area contributed by atoms with E-state index >= 15 is 0 Å². The Kier molecular flexibility index (Phi) is 5.22. The Hall–Kier alpha value is -3.70. The molecule has 4 rings (SSSR count). The molecule has 2 aromatic heterocycles. The van der Waals surface area contributed by atoms with Crippen LogP contribution in [-0.2, 0) is 4.74 Å². The largest absolute Gasteiger partial charge is 0.376 e. The number of nitrogens with one attached hydrogen (secondary N) is 2. The van der Waals surface area contributed by atoms with Crippen molar-refractivity contribution in [3.8, 4) is 6.07 Å². The third kappa shape index (κ3) is 3.95. The molecule has 0 aliphatic carbocycles. The molecule has 1 saturated heterocycles. The van der Waals surface area contributed by atoms with Crippen molar-refractivity contribution in [3.05, 3.63) is 65.7 Å². The summed E-state index contributed by atoms with van der Waals surface area (Å²) in [5.41, 5.74) is 1.77. The summed E-state index contributed by atoms with van der Waals surface area (Å²) >= 11 is 0. The monoisotopic (exact) mass is 389 g/mol. The number of fused-ring (bicyclic) bond motifs is 1. The highest BCUT2D eigenvalue weighted by Gasteiger charge is 2.23. The van der Waals surface area contributed by atoms with E-state index in [0.717, 1.165) is 12.8 Å². The third-order valence-corrected chi connectivity index (χ3v) is 4.75. The molecule has 0 bridgehead atoms. The summed E-state index contributed by atoms with van der Waals surface area (Å²) in [6.45, 7) is 1.13. The third-order valence-electron chi connectivity index (χ3n) is 4.75. The number of amides is 2. The summed E-state index contributed by atoms with van der Waals surface area (Å²) in [6, 6.07) is 13.8. The molecular formula is C21H19N5O3. The Morgan fingerprint density at radius 2 is 2.03 bits per heavy atom. The van der Waals surface area contributed by atoms with Gasteiger partial charge in [0.1, 0.15) is 0 Å². The van der Waals surface area contributed by atoms with E-state index in [4.69, 9.17) is 10.00 Å². The minimum atomic E-state index is -0.450. The van der Waals surface area contributed by atoms with Gasteiger partial charge in [-0.2, -0.15) is 5.26 Å². The van der Waals surface area contributed by atoms with Gasteiger partial charge in [-0.15, -0.1) is 0 Å². The zero-order valence-corrected chi connectivity index (χ0v) is 15.6. The van der Waals surface area contributed by atoms with Crippen LogP contribution in [0.5, 0.6) is 0 Å². The lowest BCUT2D eigenvalue weighted by atomic mass is 10.2. The smallest absolute Gasteiger partial charge is 0.292 e.